The maximum Gasteiger partial charge on any atom is 0.349 e. The molecule has 1 heterocycles. The van der Waals surface area contributed by atoms with Crippen LogP contribution in [-0.4, -0.2) is 12.6 Å². The third-order valence-corrected chi connectivity index (χ3v) is 4.06. The molecule has 5 nitrogen and oxygen atoms in total. The molecule has 0 saturated heterocycles. The Hall–Kier alpha value is -2.79. The van der Waals surface area contributed by atoms with Crippen molar-refractivity contribution in [1.29, 1.82) is 0 Å². The van der Waals surface area contributed by atoms with Gasteiger partial charge in [0.05, 0.1) is 0 Å². The number of benzene rings is 2. The van der Waals surface area contributed by atoms with E-state index in [-0.39, 0.29) is 6.61 Å². The second-order valence-electron chi connectivity index (χ2n) is 5.58. The smallest absolute Gasteiger partial charge is 0.349 e. The lowest BCUT2D eigenvalue weighted by Crippen LogP contribution is -2.17. The van der Waals surface area contributed by atoms with E-state index in [1.807, 2.05) is 13.8 Å². The SMILES string of the molecule is Cc1cc(OC(=O)COc2ccc3c(C)cc(=O)oc3c2)ccc1Cl. The van der Waals surface area contributed by atoms with Crippen LogP contribution in [0.15, 0.2) is 51.7 Å². The first kappa shape index (κ1) is 17.0. The summed E-state index contributed by atoms with van der Waals surface area (Å²) in [5, 5.41) is 1.41. The first-order valence-corrected chi connectivity index (χ1v) is 7.94. The second kappa shape index (κ2) is 6.99. The van der Waals surface area contributed by atoms with Crippen LogP contribution in [0.25, 0.3) is 11.0 Å². The highest BCUT2D eigenvalue weighted by atomic mass is 35.5. The molecular weight excluding hydrogens is 344 g/mol. The second-order valence-corrected chi connectivity index (χ2v) is 5.99. The van der Waals surface area contributed by atoms with Crippen molar-refractivity contribution < 1.29 is 18.7 Å². The quantitative estimate of drug-likeness (QED) is 0.400. The molecule has 0 radical (unpaired) electrons. The van der Waals surface area contributed by atoms with Crippen molar-refractivity contribution >= 4 is 28.5 Å². The van der Waals surface area contributed by atoms with Crippen molar-refractivity contribution in [3.05, 3.63) is 69.0 Å². The van der Waals surface area contributed by atoms with E-state index in [9.17, 15) is 9.59 Å². The van der Waals surface area contributed by atoms with Gasteiger partial charge in [0, 0.05) is 22.5 Å². The molecule has 0 aliphatic carbocycles. The van der Waals surface area contributed by atoms with Gasteiger partial charge < -0.3 is 13.9 Å². The minimum absolute atomic E-state index is 0.275. The van der Waals surface area contributed by atoms with Gasteiger partial charge in [-0.25, -0.2) is 9.59 Å². The molecule has 3 rings (SSSR count). The number of hydrogen-bond acceptors (Lipinski definition) is 5. The first-order valence-electron chi connectivity index (χ1n) is 7.56. The average molecular weight is 359 g/mol. The Balaban J connectivity index is 1.68. The monoisotopic (exact) mass is 358 g/mol. The molecule has 0 amide bonds. The number of carbonyl (C=O) groups is 1. The van der Waals surface area contributed by atoms with Crippen molar-refractivity contribution in [1.82, 2.24) is 0 Å². The van der Waals surface area contributed by atoms with Crippen LogP contribution in [0.1, 0.15) is 11.1 Å². The molecule has 2 aromatic carbocycles. The Labute approximate surface area is 148 Å². The van der Waals surface area contributed by atoms with Crippen molar-refractivity contribution in [2.24, 2.45) is 0 Å². The highest BCUT2D eigenvalue weighted by Gasteiger charge is 2.09. The van der Waals surface area contributed by atoms with Gasteiger partial charge in [-0.05, 0) is 55.3 Å². The number of aryl methyl sites for hydroxylation is 2. The average Bonchev–Trinajstić information content (AvgIpc) is 2.56. The molecule has 6 heteroatoms. The minimum atomic E-state index is -0.549. The van der Waals surface area contributed by atoms with E-state index in [0.717, 1.165) is 16.5 Å². The van der Waals surface area contributed by atoms with Crippen LogP contribution < -0.4 is 15.1 Å². The molecule has 0 fully saturated rings. The molecule has 0 unspecified atom stereocenters. The van der Waals surface area contributed by atoms with Crippen LogP contribution >= 0.6 is 11.6 Å². The fraction of sp³-hybridized carbons (Fsp3) is 0.158. The number of hydrogen-bond donors (Lipinski definition) is 0. The van der Waals surface area contributed by atoms with Crippen molar-refractivity contribution in [2.75, 3.05) is 6.61 Å². The van der Waals surface area contributed by atoms with Gasteiger partial charge >= 0.3 is 11.6 Å². The normalized spacial score (nSPS) is 10.7. The Morgan fingerprint density at radius 3 is 2.56 bits per heavy atom. The molecule has 128 valence electrons. The van der Waals surface area contributed by atoms with Crippen LogP contribution in [0, 0.1) is 13.8 Å². The lowest BCUT2D eigenvalue weighted by Gasteiger charge is -2.08. The summed E-state index contributed by atoms with van der Waals surface area (Å²) in [4.78, 5) is 23.3. The third-order valence-electron chi connectivity index (χ3n) is 3.64. The highest BCUT2D eigenvalue weighted by molar-refractivity contribution is 6.31. The Kier molecular flexibility index (Phi) is 4.76. The van der Waals surface area contributed by atoms with Crippen LogP contribution in [-0.2, 0) is 4.79 Å². The molecule has 3 aromatic rings. The van der Waals surface area contributed by atoms with Crippen LogP contribution in [0.5, 0.6) is 11.5 Å². The number of ether oxygens (including phenoxy) is 2. The molecule has 0 bridgehead atoms. The largest absolute Gasteiger partial charge is 0.482 e. The van der Waals surface area contributed by atoms with Gasteiger partial charge in [0.15, 0.2) is 6.61 Å². The van der Waals surface area contributed by atoms with Gasteiger partial charge in [-0.15, -0.1) is 0 Å². The maximum absolute atomic E-state index is 11.9. The fourth-order valence-electron chi connectivity index (χ4n) is 2.38. The zero-order valence-electron chi connectivity index (χ0n) is 13.7. The predicted molar refractivity (Wildman–Crippen MR) is 94.5 cm³/mol. The summed E-state index contributed by atoms with van der Waals surface area (Å²) >= 11 is 5.93. The Bertz CT molecular complexity index is 1010. The van der Waals surface area contributed by atoms with E-state index in [0.29, 0.717) is 22.1 Å². The van der Waals surface area contributed by atoms with Crippen molar-refractivity contribution in [3.63, 3.8) is 0 Å². The van der Waals surface area contributed by atoms with Crippen LogP contribution in [0.4, 0.5) is 0 Å². The highest BCUT2D eigenvalue weighted by Crippen LogP contribution is 2.23. The Morgan fingerprint density at radius 1 is 1.04 bits per heavy atom. The van der Waals surface area contributed by atoms with E-state index < -0.39 is 11.6 Å². The van der Waals surface area contributed by atoms with E-state index in [4.69, 9.17) is 25.5 Å². The van der Waals surface area contributed by atoms with Crippen LogP contribution in [0.2, 0.25) is 5.02 Å². The molecule has 0 saturated carbocycles. The number of esters is 1. The van der Waals surface area contributed by atoms with Gasteiger partial charge in [-0.1, -0.05) is 11.6 Å². The maximum atomic E-state index is 11.9. The summed E-state index contributed by atoms with van der Waals surface area (Å²) in [6.45, 7) is 3.37. The summed E-state index contributed by atoms with van der Waals surface area (Å²) in [5.74, 6) is 0.258. The molecule has 0 atom stereocenters. The number of halogens is 1. The zero-order valence-corrected chi connectivity index (χ0v) is 14.4. The zero-order chi connectivity index (χ0) is 18.0. The fourth-order valence-corrected chi connectivity index (χ4v) is 2.50. The van der Waals surface area contributed by atoms with Gasteiger partial charge in [0.25, 0.3) is 0 Å². The van der Waals surface area contributed by atoms with Gasteiger partial charge in [-0.2, -0.15) is 0 Å². The van der Waals surface area contributed by atoms with Crippen molar-refractivity contribution in [2.45, 2.75) is 13.8 Å². The molecule has 0 spiro atoms. The van der Waals surface area contributed by atoms with Crippen molar-refractivity contribution in [3.8, 4) is 11.5 Å². The van der Waals surface area contributed by atoms with Crippen LogP contribution in [0.3, 0.4) is 0 Å². The topological polar surface area (TPSA) is 65.7 Å². The predicted octanol–water partition coefficient (Wildman–Crippen LogP) is 4.05. The molecule has 0 aliphatic heterocycles. The molecule has 25 heavy (non-hydrogen) atoms. The van der Waals surface area contributed by atoms with E-state index in [2.05, 4.69) is 0 Å². The van der Waals surface area contributed by atoms with Gasteiger partial charge in [-0.3, -0.25) is 0 Å². The summed E-state index contributed by atoms with van der Waals surface area (Å²) in [7, 11) is 0. The number of carbonyl (C=O) groups excluding carboxylic acids is 1. The minimum Gasteiger partial charge on any atom is -0.482 e. The van der Waals surface area contributed by atoms with E-state index >= 15 is 0 Å². The standard InChI is InChI=1S/C19H15ClO5/c1-11-8-18(21)25-17-9-13(3-5-15(11)17)23-10-19(22)24-14-4-6-16(20)12(2)7-14/h3-9H,10H2,1-2H3. The summed E-state index contributed by atoms with van der Waals surface area (Å²) in [6, 6.07) is 11.4. The van der Waals surface area contributed by atoms with E-state index in [1.165, 1.54) is 6.07 Å². The summed E-state index contributed by atoms with van der Waals surface area (Å²) in [6.07, 6.45) is 0. The summed E-state index contributed by atoms with van der Waals surface area (Å²) in [5.41, 5.74) is 1.60. The number of fused-ring (bicyclic) bond motifs is 1. The molecule has 1 aromatic heterocycles. The lowest BCUT2D eigenvalue weighted by molar-refractivity contribution is -0.136. The van der Waals surface area contributed by atoms with Gasteiger partial charge in [0.1, 0.15) is 17.1 Å². The molecule has 0 N–H and O–H groups in total. The lowest BCUT2D eigenvalue weighted by atomic mass is 10.1. The Morgan fingerprint density at radius 2 is 1.80 bits per heavy atom. The first-order chi connectivity index (χ1) is 11.9. The molecule has 0 aliphatic rings. The third kappa shape index (κ3) is 4.00. The summed E-state index contributed by atoms with van der Waals surface area (Å²) < 4.78 is 15.8. The number of rotatable bonds is 4. The molecular formula is C19H15ClO5. The van der Waals surface area contributed by atoms with Gasteiger partial charge in [0.2, 0.25) is 0 Å². The van der Waals surface area contributed by atoms with E-state index in [1.54, 1.807) is 36.4 Å².